The number of aromatic nitrogens is 2. The lowest BCUT2D eigenvalue weighted by molar-refractivity contribution is -0.141. The summed E-state index contributed by atoms with van der Waals surface area (Å²) in [6.07, 6.45) is 5.29. The van der Waals surface area contributed by atoms with Gasteiger partial charge in [0.2, 0.25) is 10.6 Å². The van der Waals surface area contributed by atoms with Crippen LogP contribution in [-0.2, 0) is 31.6 Å². The number of rotatable bonds is 12. The van der Waals surface area contributed by atoms with Crippen LogP contribution in [0.25, 0.3) is 5.69 Å². The SMILES string of the molecule is COC(C)(C)CCCC(C)C/C=C/C(C)=C/C(=O)OC(C)C.N#Cc1nn(-c2c(Cl)cc(C(F)(F)F)cc2Cl)c(N)c1[S+]([O-])C(F)(F)F. The van der Waals surface area contributed by atoms with Crippen molar-refractivity contribution < 1.29 is 45.2 Å². The van der Waals surface area contributed by atoms with Crippen molar-refractivity contribution in [2.24, 2.45) is 5.92 Å². The first-order valence-corrected chi connectivity index (χ1v) is 16.3. The highest BCUT2D eigenvalue weighted by Crippen LogP contribution is 2.41. The van der Waals surface area contributed by atoms with E-state index in [-0.39, 0.29) is 17.7 Å². The normalized spacial score (nSPS) is 14.0. The quantitative estimate of drug-likeness (QED) is 0.0754. The monoisotopic (exact) mass is 746 g/mol. The highest BCUT2D eigenvalue weighted by molar-refractivity contribution is 7.92. The number of nitrogens with two attached hydrogens (primary N) is 1. The number of nitriles is 1. The first-order valence-electron chi connectivity index (χ1n) is 14.4. The van der Waals surface area contributed by atoms with Crippen molar-refractivity contribution in [1.29, 1.82) is 5.26 Å². The van der Waals surface area contributed by atoms with Gasteiger partial charge in [0.05, 0.1) is 27.3 Å². The number of benzene rings is 1. The Bertz CT molecular complexity index is 1480. The van der Waals surface area contributed by atoms with Gasteiger partial charge >= 0.3 is 17.7 Å². The molecule has 1 heterocycles. The minimum absolute atomic E-state index is 0.0222. The number of methoxy groups -OCH3 is 1. The lowest BCUT2D eigenvalue weighted by atomic mass is 9.95. The van der Waals surface area contributed by atoms with Gasteiger partial charge in [-0.15, -0.1) is 18.3 Å². The van der Waals surface area contributed by atoms with E-state index in [0.29, 0.717) is 22.7 Å². The highest BCUT2D eigenvalue weighted by atomic mass is 35.5. The molecule has 2 rings (SSSR count). The van der Waals surface area contributed by atoms with Gasteiger partial charge in [-0.1, -0.05) is 55.1 Å². The number of carbonyl (C=O) groups excluding carboxylic acids is 1. The number of nitrogen functional groups attached to an aromatic ring is 1. The summed E-state index contributed by atoms with van der Waals surface area (Å²) in [4.78, 5) is 10.3. The Kier molecular flexibility index (Phi) is 16.3. The average Bonchev–Trinajstić information content (AvgIpc) is 3.26. The van der Waals surface area contributed by atoms with Gasteiger partial charge in [-0.2, -0.15) is 18.4 Å². The Morgan fingerprint density at radius 2 is 1.73 bits per heavy atom. The molecule has 0 bridgehead atoms. The summed E-state index contributed by atoms with van der Waals surface area (Å²) in [6, 6.07) is 2.19. The fourth-order valence-corrected chi connectivity index (χ4v) is 5.39. The number of halogens is 8. The fraction of sp³-hybridized carbons (Fsp3) is 0.516. The number of esters is 1. The Labute approximate surface area is 289 Å². The predicted molar refractivity (Wildman–Crippen MR) is 173 cm³/mol. The van der Waals surface area contributed by atoms with Gasteiger partial charge in [0.25, 0.3) is 0 Å². The second-order valence-corrected chi connectivity index (χ2v) is 13.8. The van der Waals surface area contributed by atoms with Crippen molar-refractivity contribution in [3.63, 3.8) is 0 Å². The zero-order valence-electron chi connectivity index (χ0n) is 27.4. The molecule has 1 aromatic carbocycles. The minimum atomic E-state index is -5.25. The van der Waals surface area contributed by atoms with E-state index in [2.05, 4.69) is 31.9 Å². The minimum Gasteiger partial charge on any atom is -0.604 e. The lowest BCUT2D eigenvalue weighted by Crippen LogP contribution is -2.24. The van der Waals surface area contributed by atoms with Crippen molar-refractivity contribution in [1.82, 2.24) is 9.78 Å². The molecular formula is C31H38Cl2F6N4O4S. The summed E-state index contributed by atoms with van der Waals surface area (Å²) in [5.74, 6) is -0.535. The van der Waals surface area contributed by atoms with E-state index in [0.717, 1.165) is 18.4 Å². The third kappa shape index (κ3) is 13.5. The molecule has 1 aromatic heterocycles. The number of allylic oxidation sites excluding steroid dienone is 3. The maximum Gasteiger partial charge on any atom is 0.578 e. The molecule has 268 valence electrons. The molecule has 2 N–H and O–H groups in total. The van der Waals surface area contributed by atoms with E-state index in [1.807, 2.05) is 26.8 Å². The first kappa shape index (κ1) is 43.1. The Balaban J connectivity index is 0.000000488. The van der Waals surface area contributed by atoms with Crippen molar-refractivity contribution in [3.8, 4) is 11.8 Å². The maximum atomic E-state index is 12.7. The third-order valence-electron chi connectivity index (χ3n) is 6.58. The summed E-state index contributed by atoms with van der Waals surface area (Å²) in [5, 5.41) is 11.1. The molecule has 0 aliphatic rings. The van der Waals surface area contributed by atoms with Crippen molar-refractivity contribution in [2.45, 2.75) is 95.5 Å². The molecule has 48 heavy (non-hydrogen) atoms. The first-order chi connectivity index (χ1) is 21.9. The molecular weight excluding hydrogens is 709 g/mol. The molecule has 0 aliphatic heterocycles. The van der Waals surface area contributed by atoms with Crippen LogP contribution >= 0.6 is 23.2 Å². The van der Waals surface area contributed by atoms with E-state index in [1.54, 1.807) is 13.2 Å². The molecule has 8 nitrogen and oxygen atoms in total. The summed E-state index contributed by atoms with van der Waals surface area (Å²) in [6.45, 7) is 12.1. The summed E-state index contributed by atoms with van der Waals surface area (Å²) in [5.41, 5.74) is -1.51. The van der Waals surface area contributed by atoms with Crippen LogP contribution in [0.3, 0.4) is 0 Å². The molecule has 0 saturated carbocycles. The molecule has 0 fully saturated rings. The number of carbonyl (C=O) groups is 1. The molecule has 0 aliphatic carbocycles. The smallest absolute Gasteiger partial charge is 0.578 e. The van der Waals surface area contributed by atoms with Crippen LogP contribution in [0.2, 0.25) is 10.0 Å². The van der Waals surface area contributed by atoms with Crippen LogP contribution in [0, 0.1) is 17.2 Å². The molecule has 2 unspecified atom stereocenters. The Morgan fingerprint density at radius 1 is 1.17 bits per heavy atom. The Morgan fingerprint density at radius 3 is 2.19 bits per heavy atom. The molecule has 0 saturated heterocycles. The van der Waals surface area contributed by atoms with Gasteiger partial charge in [0, 0.05) is 13.2 Å². The van der Waals surface area contributed by atoms with Gasteiger partial charge in [0.1, 0.15) is 22.9 Å². The van der Waals surface area contributed by atoms with Crippen molar-refractivity contribution in [2.75, 3.05) is 12.8 Å². The maximum absolute atomic E-state index is 12.7. The predicted octanol–water partition coefficient (Wildman–Crippen LogP) is 9.34. The molecule has 0 radical (unpaired) electrons. The zero-order chi connectivity index (χ0) is 37.2. The fourth-order valence-electron chi connectivity index (χ4n) is 3.97. The molecule has 0 spiro atoms. The number of alkyl halides is 6. The highest BCUT2D eigenvalue weighted by Gasteiger charge is 2.50. The van der Waals surface area contributed by atoms with Crippen LogP contribution in [0.1, 0.15) is 78.5 Å². The van der Waals surface area contributed by atoms with Crippen LogP contribution in [0.15, 0.2) is 40.8 Å². The third-order valence-corrected chi connectivity index (χ3v) is 8.35. The average molecular weight is 748 g/mol. The largest absolute Gasteiger partial charge is 0.604 e. The number of ether oxygens (including phenoxy) is 2. The van der Waals surface area contributed by atoms with Gasteiger partial charge in [-0.05, 0) is 71.1 Å². The topological polar surface area (TPSA) is 126 Å². The number of hydrogen-bond donors (Lipinski definition) is 1. The zero-order valence-corrected chi connectivity index (χ0v) is 29.7. The summed E-state index contributed by atoms with van der Waals surface area (Å²) >= 11 is 7.77. The van der Waals surface area contributed by atoms with Crippen molar-refractivity contribution >= 4 is 46.2 Å². The van der Waals surface area contributed by atoms with Gasteiger partial charge in [-0.25, -0.2) is 9.48 Å². The van der Waals surface area contributed by atoms with E-state index in [1.165, 1.54) is 18.9 Å². The van der Waals surface area contributed by atoms with Gasteiger partial charge in [-0.3, -0.25) is 0 Å². The van der Waals surface area contributed by atoms with Crippen LogP contribution in [-0.4, -0.2) is 44.6 Å². The van der Waals surface area contributed by atoms with Crippen LogP contribution in [0.4, 0.5) is 32.2 Å². The second kappa shape index (κ2) is 18.2. The second-order valence-electron chi connectivity index (χ2n) is 11.6. The number of hydrogen-bond acceptors (Lipinski definition) is 7. The standard InChI is InChI=1S/C19H34O3.C12H4Cl2F6N4OS/c1-15(2)22-18(20)14-17(4)11-8-10-16(3)12-9-13-19(5,6)21-7;13-5-1-4(11(15,16)17)2-6(14)8(5)24-10(22)9(7(3-21)23-24)26(25)12(18,19)20/h8,11,14-16H,9-10,12-13H2,1-7H3;1-2H,22H2/b11-8+,17-14+;. The Hall–Kier alpha value is -2.90. The van der Waals surface area contributed by atoms with E-state index in [9.17, 15) is 35.7 Å². The van der Waals surface area contributed by atoms with Gasteiger partial charge in [0.15, 0.2) is 5.82 Å². The number of nitrogens with zero attached hydrogens (tertiary/aromatic N) is 3. The summed E-state index contributed by atoms with van der Waals surface area (Å²) < 4.78 is 98.9. The molecule has 17 heteroatoms. The van der Waals surface area contributed by atoms with Crippen LogP contribution < -0.4 is 5.73 Å². The molecule has 2 atom stereocenters. The van der Waals surface area contributed by atoms with E-state index < -0.39 is 60.6 Å². The van der Waals surface area contributed by atoms with Crippen molar-refractivity contribution in [3.05, 3.63) is 57.2 Å². The van der Waals surface area contributed by atoms with E-state index >= 15 is 0 Å². The molecule has 2 aromatic rings. The van der Waals surface area contributed by atoms with Crippen LogP contribution in [0.5, 0.6) is 0 Å². The van der Waals surface area contributed by atoms with Gasteiger partial charge < -0.3 is 19.8 Å². The number of anilines is 1. The molecule has 0 amide bonds. The summed E-state index contributed by atoms with van der Waals surface area (Å²) in [7, 11) is 1.77. The van der Waals surface area contributed by atoms with E-state index in [4.69, 9.17) is 43.7 Å². The lowest BCUT2D eigenvalue weighted by Gasteiger charge is -2.23.